The molecule has 2 unspecified atom stereocenters. The number of ether oxygens (including phenoxy) is 2. The molecule has 2 heteroatoms. The Hall–Kier alpha value is -0.340. The predicted octanol–water partition coefficient (Wildman–Crippen LogP) is 1.57. The molecule has 2 aliphatic carbocycles. The summed E-state index contributed by atoms with van der Waals surface area (Å²) in [7, 11) is 3.48. The van der Waals surface area contributed by atoms with E-state index in [1.54, 1.807) is 14.2 Å². The Balaban J connectivity index is 2.27. The first kappa shape index (κ1) is 7.32. The average Bonchev–Trinajstić information content (AvgIpc) is 2.59. The zero-order valence-corrected chi connectivity index (χ0v) is 7.04. The van der Waals surface area contributed by atoms with E-state index in [1.807, 2.05) is 0 Å². The standard InChI is InChI=1S/C9H14O2/c1-10-9(11-2)7-3-4-8(9)6-5-7/h3-4,7-8H,5-6H2,1-2H3. The van der Waals surface area contributed by atoms with Gasteiger partial charge >= 0.3 is 0 Å². The van der Waals surface area contributed by atoms with Crippen LogP contribution < -0.4 is 0 Å². The zero-order valence-electron chi connectivity index (χ0n) is 7.04. The van der Waals surface area contributed by atoms with Crippen LogP contribution in [-0.2, 0) is 9.47 Å². The van der Waals surface area contributed by atoms with E-state index < -0.39 is 0 Å². The lowest BCUT2D eigenvalue weighted by Gasteiger charge is -2.31. The van der Waals surface area contributed by atoms with E-state index in [0.29, 0.717) is 11.8 Å². The molecule has 2 atom stereocenters. The fraction of sp³-hybridized carbons (Fsp3) is 0.778. The van der Waals surface area contributed by atoms with Crippen molar-refractivity contribution in [3.05, 3.63) is 12.2 Å². The summed E-state index contributed by atoms with van der Waals surface area (Å²) < 4.78 is 10.9. The van der Waals surface area contributed by atoms with Crippen molar-refractivity contribution in [1.29, 1.82) is 0 Å². The molecule has 0 N–H and O–H groups in total. The van der Waals surface area contributed by atoms with Gasteiger partial charge in [-0.15, -0.1) is 0 Å². The Morgan fingerprint density at radius 1 is 1.09 bits per heavy atom. The molecule has 0 heterocycles. The third-order valence-corrected chi connectivity index (χ3v) is 3.04. The van der Waals surface area contributed by atoms with Crippen molar-refractivity contribution in [1.82, 2.24) is 0 Å². The Labute approximate surface area is 67.2 Å². The monoisotopic (exact) mass is 154 g/mol. The number of rotatable bonds is 2. The Kier molecular flexibility index (Phi) is 1.55. The van der Waals surface area contributed by atoms with Crippen LogP contribution in [0.4, 0.5) is 0 Å². The molecule has 0 radical (unpaired) electrons. The van der Waals surface area contributed by atoms with Gasteiger partial charge in [-0.2, -0.15) is 0 Å². The van der Waals surface area contributed by atoms with E-state index in [-0.39, 0.29) is 5.79 Å². The van der Waals surface area contributed by atoms with Crippen molar-refractivity contribution in [3.8, 4) is 0 Å². The second-order valence-electron chi connectivity index (χ2n) is 3.30. The van der Waals surface area contributed by atoms with Crippen molar-refractivity contribution in [2.24, 2.45) is 11.8 Å². The van der Waals surface area contributed by atoms with Gasteiger partial charge in [-0.1, -0.05) is 12.2 Å². The van der Waals surface area contributed by atoms with E-state index in [0.717, 1.165) is 0 Å². The van der Waals surface area contributed by atoms with Gasteiger partial charge < -0.3 is 9.47 Å². The van der Waals surface area contributed by atoms with Crippen LogP contribution in [0, 0.1) is 11.8 Å². The van der Waals surface area contributed by atoms with Crippen molar-refractivity contribution >= 4 is 0 Å². The lowest BCUT2D eigenvalue weighted by Crippen LogP contribution is -2.39. The minimum atomic E-state index is -0.306. The fourth-order valence-electron chi connectivity index (χ4n) is 2.45. The van der Waals surface area contributed by atoms with Crippen molar-refractivity contribution in [2.45, 2.75) is 18.6 Å². The molecule has 0 aromatic rings. The van der Waals surface area contributed by atoms with Gasteiger partial charge in [0, 0.05) is 26.1 Å². The van der Waals surface area contributed by atoms with E-state index in [9.17, 15) is 0 Å². The Bertz CT molecular complexity index is 166. The van der Waals surface area contributed by atoms with E-state index >= 15 is 0 Å². The first-order valence-corrected chi connectivity index (χ1v) is 4.12. The highest BCUT2D eigenvalue weighted by molar-refractivity contribution is 5.17. The minimum absolute atomic E-state index is 0.306. The SMILES string of the molecule is COC1(OC)C2C=CC1CC2. The molecule has 2 nitrogen and oxygen atoms in total. The number of methoxy groups -OCH3 is 2. The second kappa shape index (κ2) is 2.32. The van der Waals surface area contributed by atoms with Crippen LogP contribution in [0.25, 0.3) is 0 Å². The summed E-state index contributed by atoms with van der Waals surface area (Å²) in [6, 6.07) is 0. The van der Waals surface area contributed by atoms with Crippen LogP contribution in [0.2, 0.25) is 0 Å². The van der Waals surface area contributed by atoms with Crippen LogP contribution in [0.3, 0.4) is 0 Å². The molecular weight excluding hydrogens is 140 g/mol. The highest BCUT2D eigenvalue weighted by Gasteiger charge is 2.52. The lowest BCUT2D eigenvalue weighted by molar-refractivity contribution is -0.229. The first-order valence-electron chi connectivity index (χ1n) is 4.12. The maximum Gasteiger partial charge on any atom is 0.180 e. The van der Waals surface area contributed by atoms with Gasteiger partial charge in [-0.05, 0) is 12.8 Å². The predicted molar refractivity (Wildman–Crippen MR) is 42.1 cm³/mol. The molecule has 1 saturated carbocycles. The maximum atomic E-state index is 5.45. The van der Waals surface area contributed by atoms with Crippen LogP contribution in [0.15, 0.2) is 12.2 Å². The first-order chi connectivity index (χ1) is 5.33. The summed E-state index contributed by atoms with van der Waals surface area (Å²) >= 11 is 0. The summed E-state index contributed by atoms with van der Waals surface area (Å²) in [6.45, 7) is 0. The fourth-order valence-corrected chi connectivity index (χ4v) is 2.45. The Morgan fingerprint density at radius 2 is 1.55 bits per heavy atom. The van der Waals surface area contributed by atoms with Gasteiger partial charge in [0.25, 0.3) is 0 Å². The molecule has 1 fully saturated rings. The molecule has 0 saturated heterocycles. The molecule has 0 aliphatic heterocycles. The van der Waals surface area contributed by atoms with Crippen LogP contribution in [0.1, 0.15) is 12.8 Å². The third kappa shape index (κ3) is 0.741. The molecule has 11 heavy (non-hydrogen) atoms. The highest BCUT2D eigenvalue weighted by Crippen LogP contribution is 2.49. The third-order valence-electron chi connectivity index (χ3n) is 3.04. The van der Waals surface area contributed by atoms with Crippen LogP contribution in [-0.4, -0.2) is 20.0 Å². The molecule has 0 spiro atoms. The van der Waals surface area contributed by atoms with Gasteiger partial charge in [0.15, 0.2) is 5.79 Å². The molecule has 2 bridgehead atoms. The summed E-state index contributed by atoms with van der Waals surface area (Å²) in [4.78, 5) is 0. The van der Waals surface area contributed by atoms with Gasteiger partial charge in [-0.25, -0.2) is 0 Å². The summed E-state index contributed by atoms with van der Waals surface area (Å²) in [5, 5.41) is 0. The number of fused-ring (bicyclic) bond motifs is 2. The van der Waals surface area contributed by atoms with E-state index in [4.69, 9.17) is 9.47 Å². The zero-order chi connectivity index (χ0) is 7.90. The summed E-state index contributed by atoms with van der Waals surface area (Å²) in [6.07, 6.45) is 6.87. The van der Waals surface area contributed by atoms with Gasteiger partial charge in [0.2, 0.25) is 0 Å². The molecule has 0 aromatic heterocycles. The molecule has 2 aliphatic rings. The molecule has 0 amide bonds. The Morgan fingerprint density at radius 3 is 1.73 bits per heavy atom. The topological polar surface area (TPSA) is 18.5 Å². The van der Waals surface area contributed by atoms with E-state index in [2.05, 4.69) is 12.2 Å². The van der Waals surface area contributed by atoms with Gasteiger partial charge in [0.1, 0.15) is 0 Å². The minimum Gasteiger partial charge on any atom is -0.352 e. The second-order valence-corrected chi connectivity index (χ2v) is 3.30. The average molecular weight is 154 g/mol. The van der Waals surface area contributed by atoms with Crippen LogP contribution in [0.5, 0.6) is 0 Å². The van der Waals surface area contributed by atoms with E-state index in [1.165, 1.54) is 12.8 Å². The molecule has 62 valence electrons. The number of hydrogen-bond donors (Lipinski definition) is 0. The van der Waals surface area contributed by atoms with Crippen LogP contribution >= 0.6 is 0 Å². The van der Waals surface area contributed by atoms with Crippen molar-refractivity contribution in [3.63, 3.8) is 0 Å². The van der Waals surface area contributed by atoms with Crippen molar-refractivity contribution < 1.29 is 9.47 Å². The number of hydrogen-bond acceptors (Lipinski definition) is 2. The molecular formula is C9H14O2. The largest absolute Gasteiger partial charge is 0.352 e. The van der Waals surface area contributed by atoms with Gasteiger partial charge in [-0.3, -0.25) is 0 Å². The normalized spacial score (nSPS) is 38.4. The highest BCUT2D eigenvalue weighted by atomic mass is 16.7. The quantitative estimate of drug-likeness (QED) is 0.444. The summed E-state index contributed by atoms with van der Waals surface area (Å²) in [5.41, 5.74) is 0. The van der Waals surface area contributed by atoms with Crippen molar-refractivity contribution in [2.75, 3.05) is 14.2 Å². The maximum absolute atomic E-state index is 5.45. The summed E-state index contributed by atoms with van der Waals surface area (Å²) in [5.74, 6) is 0.671. The lowest BCUT2D eigenvalue weighted by atomic mass is 10.0. The molecule has 0 aromatic carbocycles. The smallest absolute Gasteiger partial charge is 0.180 e. The van der Waals surface area contributed by atoms with Gasteiger partial charge in [0.05, 0.1) is 0 Å². The molecule has 2 rings (SSSR count).